The summed E-state index contributed by atoms with van der Waals surface area (Å²) in [5.41, 5.74) is 1.31. The number of carbonyl (C=O) groups excluding carboxylic acids is 1. The van der Waals surface area contributed by atoms with Gasteiger partial charge in [-0.1, -0.05) is 32.9 Å². The van der Waals surface area contributed by atoms with Crippen LogP contribution in [0.4, 0.5) is 0 Å². The second-order valence-corrected chi connectivity index (χ2v) is 12.1. The van der Waals surface area contributed by atoms with Gasteiger partial charge in [-0.25, -0.2) is 8.42 Å². The summed E-state index contributed by atoms with van der Waals surface area (Å²) < 4.78 is 33.0. The van der Waals surface area contributed by atoms with E-state index in [9.17, 15) is 13.2 Å². The molecule has 2 heterocycles. The molecule has 1 aliphatic heterocycles. The molecule has 1 N–H and O–H groups in total. The zero-order chi connectivity index (χ0) is 21.8. The van der Waals surface area contributed by atoms with E-state index in [0.29, 0.717) is 19.7 Å². The van der Waals surface area contributed by atoms with E-state index in [-0.39, 0.29) is 27.6 Å². The van der Waals surface area contributed by atoms with Gasteiger partial charge < -0.3 is 10.1 Å². The number of thiophene rings is 1. The third-order valence-electron chi connectivity index (χ3n) is 4.80. The van der Waals surface area contributed by atoms with E-state index in [1.165, 1.54) is 15.9 Å². The highest BCUT2D eigenvalue weighted by Crippen LogP contribution is 2.27. The van der Waals surface area contributed by atoms with Crippen molar-refractivity contribution in [2.75, 3.05) is 37.7 Å². The van der Waals surface area contributed by atoms with E-state index in [1.807, 2.05) is 24.3 Å². The summed E-state index contributed by atoms with van der Waals surface area (Å²) in [6, 6.07) is 9.43. The first kappa shape index (κ1) is 23.1. The quantitative estimate of drug-likeness (QED) is 0.629. The van der Waals surface area contributed by atoms with Crippen molar-refractivity contribution in [3.8, 4) is 5.75 Å². The van der Waals surface area contributed by atoms with E-state index in [0.717, 1.165) is 28.6 Å². The van der Waals surface area contributed by atoms with E-state index in [4.69, 9.17) is 4.74 Å². The predicted molar refractivity (Wildman–Crippen MR) is 123 cm³/mol. The number of hydrogen-bond acceptors (Lipinski definition) is 6. The van der Waals surface area contributed by atoms with Crippen LogP contribution in [0.2, 0.25) is 0 Å². The lowest BCUT2D eigenvalue weighted by Crippen LogP contribution is -2.38. The molecule has 30 heavy (non-hydrogen) atoms. The normalized spacial score (nSPS) is 15.7. The molecule has 1 saturated heterocycles. The summed E-state index contributed by atoms with van der Waals surface area (Å²) in [6.07, 6.45) is 0. The molecule has 2 aromatic rings. The summed E-state index contributed by atoms with van der Waals surface area (Å²) in [5, 5.41) is 4.41. The molecule has 9 heteroatoms. The molecule has 3 rings (SSSR count). The molecular weight excluding hydrogens is 440 g/mol. The molecule has 0 aliphatic carbocycles. The van der Waals surface area contributed by atoms with Crippen molar-refractivity contribution >= 4 is 39.0 Å². The Labute approximate surface area is 187 Å². The zero-order valence-electron chi connectivity index (χ0n) is 17.5. The third kappa shape index (κ3) is 5.57. The Morgan fingerprint density at radius 2 is 1.80 bits per heavy atom. The van der Waals surface area contributed by atoms with Gasteiger partial charge in [-0.05, 0) is 34.6 Å². The van der Waals surface area contributed by atoms with Gasteiger partial charge in [0.1, 0.15) is 22.1 Å². The van der Waals surface area contributed by atoms with Gasteiger partial charge in [-0.15, -0.1) is 11.3 Å². The second kappa shape index (κ2) is 9.72. The number of sulfonamides is 1. The maximum absolute atomic E-state index is 12.9. The number of nitrogens with one attached hydrogen (secondary N) is 1. The van der Waals surface area contributed by atoms with Gasteiger partial charge in [0.05, 0.1) is 6.54 Å². The van der Waals surface area contributed by atoms with Crippen LogP contribution >= 0.6 is 23.1 Å². The summed E-state index contributed by atoms with van der Waals surface area (Å²) in [4.78, 5) is 12.9. The molecule has 1 amide bonds. The van der Waals surface area contributed by atoms with E-state index >= 15 is 0 Å². The lowest BCUT2D eigenvalue weighted by atomic mass is 9.87. The van der Waals surface area contributed by atoms with Crippen molar-refractivity contribution in [2.45, 2.75) is 31.1 Å². The molecule has 0 spiro atoms. The smallest absolute Gasteiger partial charge is 0.262 e. The van der Waals surface area contributed by atoms with E-state index in [2.05, 4.69) is 26.1 Å². The molecule has 1 aromatic carbocycles. The molecule has 1 fully saturated rings. The Balaban J connectivity index is 1.54. The maximum atomic E-state index is 12.9. The number of benzene rings is 1. The van der Waals surface area contributed by atoms with Crippen LogP contribution < -0.4 is 10.1 Å². The summed E-state index contributed by atoms with van der Waals surface area (Å²) in [5.74, 6) is 1.90. The number of nitrogens with zero attached hydrogens (tertiary/aromatic N) is 1. The Bertz CT molecular complexity index is 957. The fourth-order valence-electron chi connectivity index (χ4n) is 3.06. The van der Waals surface area contributed by atoms with E-state index < -0.39 is 10.0 Å². The minimum atomic E-state index is -3.65. The van der Waals surface area contributed by atoms with E-state index in [1.54, 1.807) is 17.1 Å². The number of rotatable bonds is 7. The minimum absolute atomic E-state index is 0.0816. The fourth-order valence-corrected chi connectivity index (χ4v) is 6.95. The highest BCUT2D eigenvalue weighted by atomic mass is 32.2. The van der Waals surface area contributed by atoms with Crippen molar-refractivity contribution in [1.82, 2.24) is 9.62 Å². The lowest BCUT2D eigenvalue weighted by molar-refractivity contribution is 0.0948. The molecule has 164 valence electrons. The summed E-state index contributed by atoms with van der Waals surface area (Å²) >= 11 is 2.88. The second-order valence-electron chi connectivity index (χ2n) is 8.01. The van der Waals surface area contributed by atoms with Crippen molar-refractivity contribution in [2.24, 2.45) is 0 Å². The Morgan fingerprint density at radius 3 is 2.43 bits per heavy atom. The van der Waals surface area contributed by atoms with Gasteiger partial charge in [0.25, 0.3) is 5.91 Å². The summed E-state index contributed by atoms with van der Waals surface area (Å²) in [7, 11) is -3.65. The highest BCUT2D eigenvalue weighted by Gasteiger charge is 2.31. The first-order chi connectivity index (χ1) is 14.2. The van der Waals surface area contributed by atoms with Gasteiger partial charge in [-0.3, -0.25) is 4.79 Å². The minimum Gasteiger partial charge on any atom is -0.492 e. The van der Waals surface area contributed by atoms with Crippen LogP contribution in [0.5, 0.6) is 5.75 Å². The Morgan fingerprint density at radius 1 is 1.13 bits per heavy atom. The van der Waals surface area contributed by atoms with Crippen LogP contribution in [0.25, 0.3) is 0 Å². The third-order valence-corrected chi connectivity index (χ3v) is 8.73. The standard InChI is InChI=1S/C21H28N2O4S3/c1-21(2,3)16-4-6-17(7-5-16)27-12-9-22-20(24)19-18(8-13-29-19)30(25,26)23-10-14-28-15-11-23/h4-8,13H,9-12,14-15H2,1-3H3,(H,22,24). The molecule has 0 saturated carbocycles. The first-order valence-electron chi connectivity index (χ1n) is 9.86. The van der Waals surface area contributed by atoms with Crippen molar-refractivity contribution in [3.05, 3.63) is 46.2 Å². The van der Waals surface area contributed by atoms with Crippen LogP contribution in [-0.4, -0.2) is 56.4 Å². The number of ether oxygens (including phenoxy) is 1. The number of thioether (sulfide) groups is 1. The largest absolute Gasteiger partial charge is 0.492 e. The number of hydrogen-bond donors (Lipinski definition) is 1. The molecule has 0 radical (unpaired) electrons. The number of carbonyl (C=O) groups is 1. The first-order valence-corrected chi connectivity index (χ1v) is 13.3. The van der Waals surface area contributed by atoms with Crippen molar-refractivity contribution < 1.29 is 17.9 Å². The highest BCUT2D eigenvalue weighted by molar-refractivity contribution is 7.99. The molecule has 0 bridgehead atoms. The van der Waals surface area contributed by atoms with Gasteiger partial charge in [0.15, 0.2) is 0 Å². The van der Waals surface area contributed by atoms with Gasteiger partial charge in [-0.2, -0.15) is 16.1 Å². The van der Waals surface area contributed by atoms with Crippen LogP contribution in [0.15, 0.2) is 40.6 Å². The SMILES string of the molecule is CC(C)(C)c1ccc(OCCNC(=O)c2sccc2S(=O)(=O)N2CCSCC2)cc1. The fraction of sp³-hybridized carbons (Fsp3) is 0.476. The van der Waals surface area contributed by atoms with Crippen molar-refractivity contribution in [1.29, 1.82) is 0 Å². The van der Waals surface area contributed by atoms with Gasteiger partial charge in [0, 0.05) is 24.6 Å². The average molecular weight is 469 g/mol. The maximum Gasteiger partial charge on any atom is 0.262 e. The number of amides is 1. The van der Waals surface area contributed by atoms with Gasteiger partial charge >= 0.3 is 0 Å². The van der Waals surface area contributed by atoms with Crippen LogP contribution in [0.1, 0.15) is 36.0 Å². The molecule has 0 unspecified atom stereocenters. The molecule has 0 atom stereocenters. The van der Waals surface area contributed by atoms with Gasteiger partial charge in [0.2, 0.25) is 10.0 Å². The molecule has 6 nitrogen and oxygen atoms in total. The predicted octanol–water partition coefficient (Wildman–Crippen LogP) is 3.59. The Kier molecular flexibility index (Phi) is 7.49. The zero-order valence-corrected chi connectivity index (χ0v) is 20.0. The molecular formula is C21H28N2O4S3. The van der Waals surface area contributed by atoms with Crippen LogP contribution in [0.3, 0.4) is 0 Å². The topological polar surface area (TPSA) is 75.7 Å². The van der Waals surface area contributed by atoms with Crippen LogP contribution in [0, 0.1) is 0 Å². The lowest BCUT2D eigenvalue weighted by Gasteiger charge is -2.25. The Hall–Kier alpha value is -1.55. The summed E-state index contributed by atoms with van der Waals surface area (Å²) in [6.45, 7) is 8.01. The van der Waals surface area contributed by atoms with Crippen LogP contribution in [-0.2, 0) is 15.4 Å². The molecule has 1 aromatic heterocycles. The van der Waals surface area contributed by atoms with Crippen molar-refractivity contribution in [3.63, 3.8) is 0 Å². The molecule has 1 aliphatic rings. The monoisotopic (exact) mass is 468 g/mol. The average Bonchev–Trinajstić information content (AvgIpc) is 3.22.